The topological polar surface area (TPSA) is 321 Å². The number of carbonyl (C=O) groups excluding carboxylic acids is 4. The zero-order valence-electron chi connectivity index (χ0n) is 67.2. The van der Waals surface area contributed by atoms with E-state index < -0.39 is 139 Å². The summed E-state index contributed by atoms with van der Waals surface area (Å²) < 4.78 is 75.0. The number of rotatable bonds is 13. The summed E-state index contributed by atoms with van der Waals surface area (Å²) in [7, 11) is 3.22. The van der Waals surface area contributed by atoms with E-state index in [0.717, 1.165) is 101 Å². The van der Waals surface area contributed by atoms with E-state index >= 15 is 0 Å². The lowest BCUT2D eigenvalue weighted by molar-refractivity contribution is -0.454. The molecule has 13 rings (SSSR count). The van der Waals surface area contributed by atoms with Crippen molar-refractivity contribution in [3.63, 3.8) is 0 Å². The molecule has 5 heterocycles. The molecule has 0 amide bonds. The maximum Gasteiger partial charge on any atom is 0.331 e. The minimum Gasteiger partial charge on any atom is -0.459 e. The predicted molar refractivity (Wildman–Crippen MR) is 383 cm³/mol. The quantitative estimate of drug-likeness (QED) is 0.0512. The van der Waals surface area contributed by atoms with Crippen LogP contribution in [0.2, 0.25) is 0 Å². The SMILES string of the molecule is COC1CC(C)(OC2(C)CCC3(C)C(CCC4C3CCC3(C)C(C5=CC(=O)OC5)C(C)(OC(C)=O)CC43O)C2)OC(C)(C)C1(C)O.COC1CC(C)(OC2(C)CCC3(C)C(CCC4C3CCC3(C)C(C5=CC(=O)OC5)C(C)(OC(C)=O)CC43O)C2)OC(C)C1(C)OC1(C)OC(CO)C(C)(O)C(O)C1(C)O. The van der Waals surface area contributed by atoms with Crippen molar-refractivity contribution in [3.05, 3.63) is 23.3 Å². The second kappa shape index (κ2) is 25.9. The van der Waals surface area contributed by atoms with Crippen molar-refractivity contribution < 1.29 is 112 Å². The second-order valence-corrected chi connectivity index (χ2v) is 39.4. The molecule has 0 spiro atoms. The van der Waals surface area contributed by atoms with E-state index in [2.05, 4.69) is 41.5 Å². The number of carbonyl (C=O) groups is 4. The molecule has 23 nitrogen and oxygen atoms in total. The van der Waals surface area contributed by atoms with Crippen molar-refractivity contribution in [1.29, 1.82) is 0 Å². The van der Waals surface area contributed by atoms with E-state index in [4.69, 9.17) is 56.8 Å². The van der Waals surface area contributed by atoms with Crippen molar-refractivity contribution in [3.8, 4) is 0 Å². The van der Waals surface area contributed by atoms with Crippen LogP contribution in [0.3, 0.4) is 0 Å². The van der Waals surface area contributed by atoms with Crippen molar-refractivity contribution in [2.24, 2.45) is 69.0 Å². The summed E-state index contributed by atoms with van der Waals surface area (Å²) in [6.07, 6.45) is 12.0. The molecule has 3 saturated heterocycles. The van der Waals surface area contributed by atoms with Gasteiger partial charge < -0.3 is 92.6 Å². The molecule has 30 unspecified atom stereocenters. The van der Waals surface area contributed by atoms with Gasteiger partial charge in [0.05, 0.1) is 52.9 Å². The molecular weight excluding hydrogens is 1350 g/mol. The Bertz CT molecular complexity index is 3460. The molecule has 0 bridgehead atoms. The van der Waals surface area contributed by atoms with Crippen LogP contribution in [0.4, 0.5) is 0 Å². The van der Waals surface area contributed by atoms with Gasteiger partial charge in [0, 0.05) is 88.6 Å². The summed E-state index contributed by atoms with van der Waals surface area (Å²) in [5.41, 5.74) is -12.0. The second-order valence-electron chi connectivity index (χ2n) is 39.4. The van der Waals surface area contributed by atoms with E-state index in [1.165, 1.54) is 40.7 Å². The van der Waals surface area contributed by atoms with Crippen molar-refractivity contribution in [2.75, 3.05) is 34.0 Å². The van der Waals surface area contributed by atoms with Crippen LogP contribution in [0.15, 0.2) is 23.3 Å². The first-order valence-electron chi connectivity index (χ1n) is 39.4. The summed E-state index contributed by atoms with van der Waals surface area (Å²) >= 11 is 0. The molecule has 23 heteroatoms. The number of hydrogen-bond acceptors (Lipinski definition) is 23. The van der Waals surface area contributed by atoms with Gasteiger partial charge >= 0.3 is 23.9 Å². The highest BCUT2D eigenvalue weighted by Crippen LogP contribution is 2.75. The highest BCUT2D eigenvalue weighted by molar-refractivity contribution is 5.86. The highest BCUT2D eigenvalue weighted by atomic mass is 16.8. The van der Waals surface area contributed by atoms with Crippen LogP contribution in [0.5, 0.6) is 0 Å². The number of methoxy groups -OCH3 is 2. The number of fused-ring (bicyclic) bond motifs is 10. The third-order valence-corrected chi connectivity index (χ3v) is 32.1. The Labute approximate surface area is 622 Å². The first-order valence-corrected chi connectivity index (χ1v) is 39.4. The Balaban J connectivity index is 0.000000203. The standard InChI is InChI=1S/C45H72O14.C37H58O9/c1-25-42(9,59-44(11)43(10,51)35(49)41(8,50)32(22-46)57-44)31(53-12)21-40(7,55-25)58-36(3)17-18-37(4)28(20-36)13-14-30-29(37)15-16-38(5)34(27-19-33(48)54-23-27)39(6,56-26(2)47)24-45(30,38)52;1-22(38)44-34(7)21-37(41)26-12-11-24-18-31(4,46-35(8)19-27(42-10)36(9,40)30(2,3)45-35)15-16-32(24,5)25(26)13-14-33(37,6)29(34)23-17-28(39)43-20-23/h19,25,28-32,34-35,46,49-52H,13-18,20-24H2,1-12H3;17,24-27,29,40-41H,11-16,18-21H2,1-10H3. The first kappa shape index (κ1) is 81.3. The van der Waals surface area contributed by atoms with Gasteiger partial charge in [0.25, 0.3) is 0 Å². The normalized spacial score (nSPS) is 54.7. The van der Waals surface area contributed by atoms with E-state index in [0.29, 0.717) is 37.0 Å². The lowest BCUT2D eigenvalue weighted by atomic mass is 9.42. The zero-order chi connectivity index (χ0) is 77.7. The highest BCUT2D eigenvalue weighted by Gasteiger charge is 2.78. The monoisotopic (exact) mass is 1480 g/mol. The summed E-state index contributed by atoms with van der Waals surface area (Å²) in [5.74, 6) is -4.73. The van der Waals surface area contributed by atoms with Crippen LogP contribution in [-0.2, 0) is 76.0 Å². The Morgan fingerprint density at radius 1 is 0.524 bits per heavy atom. The van der Waals surface area contributed by atoms with E-state index in [1.54, 1.807) is 34.1 Å². The number of aliphatic hydroxyl groups excluding tert-OH is 2. The molecule has 8 aliphatic carbocycles. The smallest absolute Gasteiger partial charge is 0.331 e. The molecule has 8 saturated carbocycles. The third kappa shape index (κ3) is 12.5. The molecule has 0 aromatic carbocycles. The molecule has 11 fully saturated rings. The van der Waals surface area contributed by atoms with Gasteiger partial charge in [-0.15, -0.1) is 0 Å². The minimum atomic E-state index is -2.10. The molecule has 5 aliphatic heterocycles. The van der Waals surface area contributed by atoms with Crippen molar-refractivity contribution >= 4 is 23.9 Å². The lowest BCUT2D eigenvalue weighted by Crippen LogP contribution is -2.78. The summed E-state index contributed by atoms with van der Waals surface area (Å²) in [6.45, 7) is 37.2. The Morgan fingerprint density at radius 2 is 0.952 bits per heavy atom. The number of esters is 4. The molecule has 0 aromatic rings. The first-order chi connectivity index (χ1) is 48.1. The van der Waals surface area contributed by atoms with Gasteiger partial charge in [-0.2, -0.15) is 0 Å². The average molecular weight is 1480 g/mol. The fourth-order valence-corrected chi connectivity index (χ4v) is 26.5. The molecule has 596 valence electrons. The van der Waals surface area contributed by atoms with E-state index in [9.17, 15) is 54.9 Å². The van der Waals surface area contributed by atoms with Crippen LogP contribution in [0.1, 0.15) is 254 Å². The number of aliphatic hydroxyl groups is 7. The van der Waals surface area contributed by atoms with Crippen LogP contribution in [0.25, 0.3) is 0 Å². The number of cyclic esters (lactones) is 2. The predicted octanol–water partition coefficient (Wildman–Crippen LogP) is 9.87. The third-order valence-electron chi connectivity index (χ3n) is 32.1. The molecule has 105 heavy (non-hydrogen) atoms. The van der Waals surface area contributed by atoms with Gasteiger partial charge in [0.1, 0.15) is 59.0 Å². The number of hydrogen-bond donors (Lipinski definition) is 7. The maximum absolute atomic E-state index is 13.1. The van der Waals surface area contributed by atoms with E-state index in [-0.39, 0.29) is 72.0 Å². The Kier molecular flexibility index (Phi) is 20.0. The Hall–Kier alpha value is -3.24. The van der Waals surface area contributed by atoms with Crippen molar-refractivity contribution in [2.45, 2.75) is 364 Å². The van der Waals surface area contributed by atoms with Crippen LogP contribution in [0, 0.1) is 69.0 Å². The zero-order valence-corrected chi connectivity index (χ0v) is 67.2. The van der Waals surface area contributed by atoms with Gasteiger partial charge in [-0.3, -0.25) is 9.59 Å². The summed E-state index contributed by atoms with van der Waals surface area (Å²) in [4.78, 5) is 49.5. The fourth-order valence-electron chi connectivity index (χ4n) is 26.5. The lowest BCUT2D eigenvalue weighted by Gasteiger charge is -2.65. The number of ether oxygens (including phenoxy) is 12. The fraction of sp³-hybridized carbons (Fsp3) is 0.902. The van der Waals surface area contributed by atoms with Gasteiger partial charge in [-0.1, -0.05) is 27.7 Å². The molecule has 0 aromatic heterocycles. The summed E-state index contributed by atoms with van der Waals surface area (Å²) in [6, 6.07) is 0. The minimum absolute atomic E-state index is 0.0119. The maximum atomic E-state index is 13.1. The largest absolute Gasteiger partial charge is 0.459 e. The molecule has 30 atom stereocenters. The Morgan fingerprint density at radius 3 is 1.35 bits per heavy atom. The molecule has 13 aliphatic rings. The van der Waals surface area contributed by atoms with E-state index in [1.807, 2.05) is 48.5 Å². The van der Waals surface area contributed by atoms with Crippen molar-refractivity contribution in [1.82, 2.24) is 0 Å². The van der Waals surface area contributed by atoms with Gasteiger partial charge in [0.15, 0.2) is 17.4 Å². The van der Waals surface area contributed by atoms with Crippen LogP contribution < -0.4 is 0 Å². The van der Waals surface area contributed by atoms with Gasteiger partial charge in [-0.25, -0.2) is 9.59 Å². The molecule has 0 radical (unpaired) electrons. The van der Waals surface area contributed by atoms with Gasteiger partial charge in [0.2, 0.25) is 0 Å². The molecular formula is C82H130O23. The van der Waals surface area contributed by atoms with Gasteiger partial charge in [-0.05, 0) is 244 Å². The molecule has 7 N–H and O–H groups in total. The summed E-state index contributed by atoms with van der Waals surface area (Å²) in [5, 5.41) is 81.2. The average Bonchev–Trinajstić information content (AvgIpc) is 1.54. The van der Waals surface area contributed by atoms with Crippen LogP contribution >= 0.6 is 0 Å². The van der Waals surface area contributed by atoms with Crippen LogP contribution in [-0.4, -0.2) is 203 Å².